The van der Waals surface area contributed by atoms with Crippen molar-refractivity contribution in [2.45, 2.75) is 76.5 Å². The summed E-state index contributed by atoms with van der Waals surface area (Å²) in [7, 11) is 2.60. The van der Waals surface area contributed by atoms with Crippen LogP contribution in [0.2, 0.25) is 5.02 Å². The molecule has 0 radical (unpaired) electrons. The molecule has 1 fully saturated rings. The molecule has 3 rings (SSSR count). The topological polar surface area (TPSA) is 170 Å². The van der Waals surface area contributed by atoms with E-state index in [1.165, 1.54) is 26.4 Å². The summed E-state index contributed by atoms with van der Waals surface area (Å²) in [6.45, 7) is 1.76. The number of carbonyl (C=O) groups excluding carboxylic acids is 3. The number of carbonyl (C=O) groups is 3. The highest BCUT2D eigenvalue weighted by atomic mass is 35.5. The summed E-state index contributed by atoms with van der Waals surface area (Å²) in [5.74, 6) is -0.752. The highest BCUT2D eigenvalue weighted by molar-refractivity contribution is 6.32. The third kappa shape index (κ3) is 9.36. The van der Waals surface area contributed by atoms with Crippen LogP contribution in [0, 0.1) is 0 Å². The molecule has 1 saturated heterocycles. The molecule has 2 aromatic rings. The summed E-state index contributed by atoms with van der Waals surface area (Å²) in [4.78, 5) is 36.8. The molecule has 1 heterocycles. The van der Waals surface area contributed by atoms with Crippen molar-refractivity contribution >= 4 is 29.3 Å². The van der Waals surface area contributed by atoms with Crippen molar-refractivity contribution in [3.63, 3.8) is 0 Å². The molecule has 0 unspecified atom stereocenters. The Bertz CT molecular complexity index is 1250. The number of rotatable bonds is 15. The van der Waals surface area contributed by atoms with Crippen molar-refractivity contribution in [1.82, 2.24) is 5.32 Å². The number of ketones is 1. The molecule has 4 N–H and O–H groups in total. The lowest BCUT2D eigenvalue weighted by Crippen LogP contribution is -2.60. The van der Waals surface area contributed by atoms with Gasteiger partial charge in [0.15, 0.2) is 12.4 Å². The molecule has 0 aromatic heterocycles. The summed E-state index contributed by atoms with van der Waals surface area (Å²) < 4.78 is 27.2. The average molecular weight is 624 g/mol. The normalized spacial score (nSPS) is 21.6. The van der Waals surface area contributed by atoms with E-state index in [1.54, 1.807) is 0 Å². The highest BCUT2D eigenvalue weighted by Crippen LogP contribution is 2.35. The fourth-order valence-electron chi connectivity index (χ4n) is 4.47. The first-order chi connectivity index (χ1) is 20.6. The molecule has 0 bridgehead atoms. The van der Waals surface area contributed by atoms with Crippen LogP contribution in [-0.4, -0.2) is 84.5 Å². The summed E-state index contributed by atoms with van der Waals surface area (Å²) in [5.41, 5.74) is 1.56. The summed E-state index contributed by atoms with van der Waals surface area (Å²) in [5, 5.41) is 32.9. The average Bonchev–Trinajstić information content (AvgIpc) is 3.01. The van der Waals surface area contributed by atoms with E-state index in [4.69, 9.17) is 35.3 Å². The van der Waals surface area contributed by atoms with Crippen molar-refractivity contribution in [2.24, 2.45) is 0 Å². The van der Waals surface area contributed by atoms with Gasteiger partial charge in [0, 0.05) is 39.0 Å². The van der Waals surface area contributed by atoms with Gasteiger partial charge < -0.3 is 44.3 Å². The molecule has 43 heavy (non-hydrogen) atoms. The second kappa shape index (κ2) is 16.6. The molecule has 1 amide bonds. The van der Waals surface area contributed by atoms with Crippen molar-refractivity contribution in [3.8, 4) is 11.5 Å². The Morgan fingerprint density at radius 1 is 1.00 bits per heavy atom. The third-order valence-corrected chi connectivity index (χ3v) is 7.10. The Hall–Kier alpha value is -3.26. The largest absolute Gasteiger partial charge is 0.496 e. The number of hydrogen-bond acceptors (Lipinski definition) is 11. The molecule has 0 saturated carbocycles. The number of hydrogen-bond donors (Lipinski definition) is 4. The van der Waals surface area contributed by atoms with E-state index in [0.29, 0.717) is 13.0 Å². The summed E-state index contributed by atoms with van der Waals surface area (Å²) in [6.07, 6.45) is -5.27. The molecule has 5 atom stereocenters. The van der Waals surface area contributed by atoms with E-state index < -0.39 is 43.3 Å². The van der Waals surface area contributed by atoms with Crippen molar-refractivity contribution in [2.75, 3.05) is 20.8 Å². The van der Waals surface area contributed by atoms with Gasteiger partial charge in [-0.05, 0) is 23.6 Å². The maximum atomic E-state index is 13.0. The maximum absolute atomic E-state index is 13.0. The Morgan fingerprint density at radius 2 is 1.74 bits per heavy atom. The van der Waals surface area contributed by atoms with E-state index >= 15 is 0 Å². The molecule has 0 spiro atoms. The van der Waals surface area contributed by atoms with E-state index in [0.717, 1.165) is 17.5 Å². The third-order valence-electron chi connectivity index (χ3n) is 6.81. The molecule has 1 aliphatic heterocycles. The van der Waals surface area contributed by atoms with E-state index in [9.17, 15) is 29.7 Å². The summed E-state index contributed by atoms with van der Waals surface area (Å²) in [6, 6.07) is 10.1. The van der Waals surface area contributed by atoms with Crippen LogP contribution in [-0.2, 0) is 37.0 Å². The van der Waals surface area contributed by atoms with E-state index in [-0.39, 0.29) is 53.2 Å². The molecule has 1 aliphatic rings. The van der Waals surface area contributed by atoms with Crippen molar-refractivity contribution in [1.29, 1.82) is 0 Å². The van der Waals surface area contributed by atoms with Gasteiger partial charge in [-0.25, -0.2) is 4.79 Å². The minimum absolute atomic E-state index is 0.0743. The Morgan fingerprint density at radius 3 is 2.42 bits per heavy atom. The standard InChI is InChI=1S/C30H38ClNO11/c1-4-6-19(34)9-10-25(35)32-14-17-7-5-8-18(11-17)16-41-23-13-22(39-2)20(12-21(23)31)29(38)43-28-27(37)26(36)24(15-33)42-30(28)40-3/h5,7-8,11-13,24,26-28,30,33,36-37H,4,6,9-10,14-16H2,1-3H3,(H,32,35)/t24-,26-,27+,28-,30+/m1/s1. The zero-order valence-electron chi connectivity index (χ0n) is 24.3. The molecular formula is C30H38ClNO11. The Kier molecular flexibility index (Phi) is 13.2. The van der Waals surface area contributed by atoms with Gasteiger partial charge in [-0.15, -0.1) is 0 Å². The van der Waals surface area contributed by atoms with Crippen LogP contribution in [0.15, 0.2) is 36.4 Å². The van der Waals surface area contributed by atoms with Gasteiger partial charge in [0.1, 0.15) is 47.8 Å². The zero-order chi connectivity index (χ0) is 31.5. The van der Waals surface area contributed by atoms with Crippen LogP contribution >= 0.6 is 11.6 Å². The molecule has 236 valence electrons. The van der Waals surface area contributed by atoms with Crippen molar-refractivity contribution < 1.29 is 53.4 Å². The molecule has 13 heteroatoms. The number of aliphatic hydroxyl groups is 3. The van der Waals surface area contributed by atoms with Gasteiger partial charge in [0.25, 0.3) is 0 Å². The van der Waals surface area contributed by atoms with Gasteiger partial charge >= 0.3 is 5.97 Å². The number of nitrogens with one attached hydrogen (secondary N) is 1. The second-order valence-electron chi connectivity index (χ2n) is 9.97. The van der Waals surface area contributed by atoms with Crippen molar-refractivity contribution in [3.05, 3.63) is 58.1 Å². The van der Waals surface area contributed by atoms with Gasteiger partial charge in [-0.3, -0.25) is 9.59 Å². The molecule has 0 aliphatic carbocycles. The first-order valence-electron chi connectivity index (χ1n) is 13.8. The van der Waals surface area contributed by atoms with Crippen LogP contribution in [0.3, 0.4) is 0 Å². The van der Waals surface area contributed by atoms with E-state index in [1.807, 2.05) is 31.2 Å². The number of esters is 1. The number of methoxy groups -OCH3 is 2. The Balaban J connectivity index is 1.63. The number of Topliss-reactive ketones (excluding diaryl/α,β-unsaturated/α-hetero) is 1. The lowest BCUT2D eigenvalue weighted by molar-refractivity contribution is -0.293. The number of benzene rings is 2. The minimum atomic E-state index is -1.59. The Labute approximate surface area is 254 Å². The quantitative estimate of drug-likeness (QED) is 0.215. The van der Waals surface area contributed by atoms with Gasteiger partial charge in [-0.1, -0.05) is 42.8 Å². The van der Waals surface area contributed by atoms with E-state index in [2.05, 4.69) is 5.32 Å². The van der Waals surface area contributed by atoms with Crippen LogP contribution in [0.5, 0.6) is 11.5 Å². The zero-order valence-corrected chi connectivity index (χ0v) is 25.0. The first-order valence-corrected chi connectivity index (χ1v) is 14.2. The first kappa shape index (κ1) is 34.2. The molecule has 2 aromatic carbocycles. The van der Waals surface area contributed by atoms with Crippen LogP contribution < -0.4 is 14.8 Å². The number of aliphatic hydroxyl groups excluding tert-OH is 3. The number of amides is 1. The molecule has 12 nitrogen and oxygen atoms in total. The van der Waals surface area contributed by atoms with Crippen LogP contribution in [0.1, 0.15) is 54.1 Å². The van der Waals surface area contributed by atoms with Gasteiger partial charge in [0.2, 0.25) is 5.91 Å². The predicted octanol–water partition coefficient (Wildman–Crippen LogP) is 2.30. The van der Waals surface area contributed by atoms with Gasteiger partial charge in [0.05, 0.1) is 18.7 Å². The van der Waals surface area contributed by atoms with Gasteiger partial charge in [-0.2, -0.15) is 0 Å². The minimum Gasteiger partial charge on any atom is -0.496 e. The summed E-state index contributed by atoms with van der Waals surface area (Å²) >= 11 is 6.42. The monoisotopic (exact) mass is 623 g/mol. The molecular weight excluding hydrogens is 586 g/mol. The van der Waals surface area contributed by atoms with Crippen LogP contribution in [0.25, 0.3) is 0 Å². The number of halogens is 1. The fourth-order valence-corrected chi connectivity index (χ4v) is 4.69. The predicted molar refractivity (Wildman–Crippen MR) is 154 cm³/mol. The fraction of sp³-hybridized carbons (Fsp3) is 0.500. The maximum Gasteiger partial charge on any atom is 0.342 e. The second-order valence-corrected chi connectivity index (χ2v) is 10.4. The SMILES string of the molecule is CCCC(=O)CCC(=O)NCc1cccc(COc2cc(OC)c(C(=O)O[C@H]3[C@@H](OC)O[C@H](CO)[C@@H](O)[C@@H]3O)cc2Cl)c1. The van der Waals surface area contributed by atoms with Crippen LogP contribution in [0.4, 0.5) is 0 Å². The highest BCUT2D eigenvalue weighted by Gasteiger charge is 2.47. The lowest BCUT2D eigenvalue weighted by atomic mass is 9.99. The lowest BCUT2D eigenvalue weighted by Gasteiger charge is -2.40. The smallest absolute Gasteiger partial charge is 0.342 e. The number of ether oxygens (including phenoxy) is 5.